The van der Waals surface area contributed by atoms with E-state index >= 15 is 0 Å². The molecule has 1 rings (SSSR count). The fraction of sp³-hybridized carbons (Fsp3) is 0.500. The quantitative estimate of drug-likeness (QED) is 0.721. The fourth-order valence-corrected chi connectivity index (χ4v) is 0.902. The highest BCUT2D eigenvalue weighted by molar-refractivity contribution is 5.72. The van der Waals surface area contributed by atoms with Crippen LogP contribution in [0.25, 0.3) is 0 Å². The highest BCUT2D eigenvalue weighted by Crippen LogP contribution is 2.00. The van der Waals surface area contributed by atoms with Gasteiger partial charge in [0.15, 0.2) is 0 Å². The zero-order valence-corrected chi connectivity index (χ0v) is 7.26. The van der Waals surface area contributed by atoms with Crippen LogP contribution >= 0.6 is 0 Å². The summed E-state index contributed by atoms with van der Waals surface area (Å²) >= 11 is 0. The zero-order chi connectivity index (χ0) is 8.97. The van der Waals surface area contributed by atoms with Crippen LogP contribution < -0.4 is 5.32 Å². The summed E-state index contributed by atoms with van der Waals surface area (Å²) in [6.07, 6.45) is 0.719. The number of hydrogen-bond acceptors (Lipinski definition) is 3. The standard InChI is InChI=1S/C8H12N2O2/c1-6-5-8(10-12-6)3-4-9-7(2)11/h5H,3-4H2,1-2H3,(H,9,11). The largest absolute Gasteiger partial charge is 0.361 e. The van der Waals surface area contributed by atoms with Crippen LogP contribution in [0.2, 0.25) is 0 Å². The van der Waals surface area contributed by atoms with Crippen LogP contribution in [-0.4, -0.2) is 17.6 Å². The van der Waals surface area contributed by atoms with Crippen molar-refractivity contribution in [2.24, 2.45) is 0 Å². The molecular weight excluding hydrogens is 156 g/mol. The normalized spacial score (nSPS) is 9.83. The van der Waals surface area contributed by atoms with E-state index in [0.29, 0.717) is 6.54 Å². The van der Waals surface area contributed by atoms with Gasteiger partial charge in [0.25, 0.3) is 0 Å². The number of nitrogens with one attached hydrogen (secondary N) is 1. The molecule has 66 valence electrons. The van der Waals surface area contributed by atoms with Gasteiger partial charge >= 0.3 is 0 Å². The summed E-state index contributed by atoms with van der Waals surface area (Å²) in [5, 5.41) is 6.47. The molecule has 0 fully saturated rings. The zero-order valence-electron chi connectivity index (χ0n) is 7.26. The summed E-state index contributed by atoms with van der Waals surface area (Å²) in [6.45, 7) is 3.95. The number of aryl methyl sites for hydroxylation is 1. The van der Waals surface area contributed by atoms with E-state index in [9.17, 15) is 4.79 Å². The summed E-state index contributed by atoms with van der Waals surface area (Å²) in [7, 11) is 0. The Kier molecular flexibility index (Phi) is 2.85. The van der Waals surface area contributed by atoms with Gasteiger partial charge in [-0.1, -0.05) is 5.16 Å². The number of amides is 1. The van der Waals surface area contributed by atoms with E-state index < -0.39 is 0 Å². The number of aromatic nitrogens is 1. The maximum atomic E-state index is 10.5. The van der Waals surface area contributed by atoms with Gasteiger partial charge < -0.3 is 9.84 Å². The molecule has 4 heteroatoms. The Morgan fingerprint density at radius 3 is 3.00 bits per heavy atom. The van der Waals surface area contributed by atoms with Gasteiger partial charge in [0.1, 0.15) is 5.76 Å². The van der Waals surface area contributed by atoms with Gasteiger partial charge in [0.2, 0.25) is 5.91 Å². The van der Waals surface area contributed by atoms with E-state index in [4.69, 9.17) is 4.52 Å². The highest BCUT2D eigenvalue weighted by Gasteiger charge is 1.99. The Hall–Kier alpha value is -1.32. The SMILES string of the molecule is CC(=O)NCCc1cc(C)on1. The van der Waals surface area contributed by atoms with E-state index in [1.165, 1.54) is 6.92 Å². The lowest BCUT2D eigenvalue weighted by molar-refractivity contribution is -0.118. The predicted molar refractivity (Wildman–Crippen MR) is 43.6 cm³/mol. The van der Waals surface area contributed by atoms with Gasteiger partial charge in [-0.2, -0.15) is 0 Å². The van der Waals surface area contributed by atoms with Crippen molar-refractivity contribution in [2.75, 3.05) is 6.54 Å². The van der Waals surface area contributed by atoms with Crippen molar-refractivity contribution in [3.8, 4) is 0 Å². The van der Waals surface area contributed by atoms with Crippen LogP contribution in [0.3, 0.4) is 0 Å². The molecule has 0 saturated heterocycles. The summed E-state index contributed by atoms with van der Waals surface area (Å²) < 4.78 is 4.86. The summed E-state index contributed by atoms with van der Waals surface area (Å²) in [6, 6.07) is 1.86. The minimum Gasteiger partial charge on any atom is -0.361 e. The van der Waals surface area contributed by atoms with E-state index in [0.717, 1.165) is 17.9 Å². The van der Waals surface area contributed by atoms with Crippen molar-refractivity contribution in [3.63, 3.8) is 0 Å². The molecule has 1 N–H and O–H groups in total. The Labute approximate surface area is 70.9 Å². The second-order valence-corrected chi connectivity index (χ2v) is 2.66. The van der Waals surface area contributed by atoms with Gasteiger partial charge in [0.05, 0.1) is 5.69 Å². The Balaban J connectivity index is 2.29. The lowest BCUT2D eigenvalue weighted by Gasteiger charge is -1.96. The molecular formula is C8H12N2O2. The molecule has 0 aliphatic heterocycles. The van der Waals surface area contributed by atoms with Crippen LogP contribution in [0.5, 0.6) is 0 Å². The molecule has 12 heavy (non-hydrogen) atoms. The van der Waals surface area contributed by atoms with Crippen molar-refractivity contribution in [3.05, 3.63) is 17.5 Å². The van der Waals surface area contributed by atoms with Gasteiger partial charge in [-0.15, -0.1) is 0 Å². The first-order valence-corrected chi connectivity index (χ1v) is 3.85. The Bertz CT molecular complexity index is 268. The third-order valence-corrected chi connectivity index (χ3v) is 1.43. The fourth-order valence-electron chi connectivity index (χ4n) is 0.902. The molecule has 0 saturated carbocycles. The molecule has 0 atom stereocenters. The van der Waals surface area contributed by atoms with Crippen molar-refractivity contribution < 1.29 is 9.32 Å². The van der Waals surface area contributed by atoms with Crippen molar-refractivity contribution in [1.29, 1.82) is 0 Å². The van der Waals surface area contributed by atoms with Gasteiger partial charge in [-0.25, -0.2) is 0 Å². The number of carbonyl (C=O) groups is 1. The molecule has 1 aromatic rings. The molecule has 1 amide bonds. The van der Waals surface area contributed by atoms with Crippen LogP contribution in [-0.2, 0) is 11.2 Å². The lowest BCUT2D eigenvalue weighted by Crippen LogP contribution is -2.22. The van der Waals surface area contributed by atoms with Gasteiger partial charge in [-0.3, -0.25) is 4.79 Å². The third-order valence-electron chi connectivity index (χ3n) is 1.43. The molecule has 0 aliphatic carbocycles. The van der Waals surface area contributed by atoms with Crippen molar-refractivity contribution >= 4 is 5.91 Å². The maximum Gasteiger partial charge on any atom is 0.216 e. The first-order valence-electron chi connectivity index (χ1n) is 3.85. The molecule has 4 nitrogen and oxygen atoms in total. The summed E-state index contributed by atoms with van der Waals surface area (Å²) in [4.78, 5) is 10.5. The van der Waals surface area contributed by atoms with E-state index in [1.54, 1.807) is 0 Å². The maximum absolute atomic E-state index is 10.5. The first kappa shape index (κ1) is 8.77. The van der Waals surface area contributed by atoms with E-state index in [1.807, 2.05) is 13.0 Å². The topological polar surface area (TPSA) is 55.1 Å². The van der Waals surface area contributed by atoms with E-state index in [2.05, 4.69) is 10.5 Å². The Morgan fingerprint density at radius 2 is 2.50 bits per heavy atom. The number of rotatable bonds is 3. The second kappa shape index (κ2) is 3.90. The molecule has 1 aromatic heterocycles. The van der Waals surface area contributed by atoms with Crippen LogP contribution in [0.1, 0.15) is 18.4 Å². The second-order valence-electron chi connectivity index (χ2n) is 2.66. The number of carbonyl (C=O) groups excluding carboxylic acids is 1. The molecule has 0 bridgehead atoms. The molecule has 0 radical (unpaired) electrons. The Morgan fingerprint density at radius 1 is 1.75 bits per heavy atom. The van der Waals surface area contributed by atoms with Crippen LogP contribution in [0, 0.1) is 6.92 Å². The van der Waals surface area contributed by atoms with Crippen molar-refractivity contribution in [2.45, 2.75) is 20.3 Å². The lowest BCUT2D eigenvalue weighted by atomic mass is 10.3. The molecule has 0 spiro atoms. The smallest absolute Gasteiger partial charge is 0.216 e. The minimum absolute atomic E-state index is 0.0183. The molecule has 1 heterocycles. The van der Waals surface area contributed by atoms with Crippen LogP contribution in [0.15, 0.2) is 10.6 Å². The summed E-state index contributed by atoms with van der Waals surface area (Å²) in [5.74, 6) is 0.781. The number of hydrogen-bond donors (Lipinski definition) is 1. The number of nitrogens with zero attached hydrogens (tertiary/aromatic N) is 1. The monoisotopic (exact) mass is 168 g/mol. The van der Waals surface area contributed by atoms with Gasteiger partial charge in [0, 0.05) is 26.0 Å². The van der Waals surface area contributed by atoms with E-state index in [-0.39, 0.29) is 5.91 Å². The predicted octanol–water partition coefficient (Wildman–Crippen LogP) is 0.662. The average Bonchev–Trinajstić information content (AvgIpc) is 2.35. The summed E-state index contributed by atoms with van der Waals surface area (Å²) in [5.41, 5.74) is 0.876. The van der Waals surface area contributed by atoms with Crippen molar-refractivity contribution in [1.82, 2.24) is 10.5 Å². The first-order chi connectivity index (χ1) is 5.68. The minimum atomic E-state index is -0.0183. The average molecular weight is 168 g/mol. The van der Waals surface area contributed by atoms with Gasteiger partial charge in [-0.05, 0) is 6.92 Å². The molecule has 0 unspecified atom stereocenters. The van der Waals surface area contributed by atoms with Crippen LogP contribution in [0.4, 0.5) is 0 Å². The molecule has 0 aliphatic rings. The highest BCUT2D eigenvalue weighted by atomic mass is 16.5. The molecule has 0 aromatic carbocycles. The third kappa shape index (κ3) is 2.74.